The van der Waals surface area contributed by atoms with E-state index in [1.807, 2.05) is 0 Å². The summed E-state index contributed by atoms with van der Waals surface area (Å²) in [7, 11) is 0. The summed E-state index contributed by atoms with van der Waals surface area (Å²) in [4.78, 5) is 0.550. The monoisotopic (exact) mass is 290 g/mol. The number of hydrogen-bond acceptors (Lipinski definition) is 2. The molecule has 0 amide bonds. The van der Waals surface area contributed by atoms with E-state index in [-0.39, 0.29) is 0 Å². The molecular formula is C13H23BrO2. The van der Waals surface area contributed by atoms with Crippen LogP contribution in [0.5, 0.6) is 0 Å². The Hall–Kier alpha value is 0.400. The highest BCUT2D eigenvalue weighted by Gasteiger charge is 2.23. The Labute approximate surface area is 107 Å². The van der Waals surface area contributed by atoms with Crippen molar-refractivity contribution in [2.75, 3.05) is 13.2 Å². The largest absolute Gasteiger partial charge is 0.376 e. The summed E-state index contributed by atoms with van der Waals surface area (Å²) >= 11 is 3.77. The zero-order valence-corrected chi connectivity index (χ0v) is 11.6. The number of halogens is 1. The van der Waals surface area contributed by atoms with E-state index in [1.54, 1.807) is 0 Å². The fourth-order valence-electron chi connectivity index (χ4n) is 2.24. The molecular weight excluding hydrogens is 268 g/mol. The van der Waals surface area contributed by atoms with Crippen molar-refractivity contribution in [2.24, 2.45) is 0 Å². The first-order valence-electron chi connectivity index (χ1n) is 6.73. The highest BCUT2D eigenvalue weighted by Crippen LogP contribution is 2.26. The number of rotatable bonds is 5. The first-order chi connectivity index (χ1) is 7.86. The van der Waals surface area contributed by atoms with Gasteiger partial charge >= 0.3 is 0 Å². The minimum absolute atomic E-state index is 0.406. The first kappa shape index (κ1) is 12.8. The first-order valence-corrected chi connectivity index (χ1v) is 7.65. The summed E-state index contributed by atoms with van der Waals surface area (Å²) in [5, 5.41) is 0. The van der Waals surface area contributed by atoms with Gasteiger partial charge in [0.1, 0.15) is 0 Å². The molecule has 0 spiro atoms. The van der Waals surface area contributed by atoms with Crippen molar-refractivity contribution in [3.63, 3.8) is 0 Å². The van der Waals surface area contributed by atoms with Crippen molar-refractivity contribution in [1.82, 2.24) is 0 Å². The summed E-state index contributed by atoms with van der Waals surface area (Å²) in [5.74, 6) is 0. The van der Waals surface area contributed by atoms with Gasteiger partial charge in [0.25, 0.3) is 0 Å². The fourth-order valence-corrected chi connectivity index (χ4v) is 2.98. The normalized spacial score (nSPS) is 32.1. The maximum Gasteiger partial charge on any atom is 0.0704 e. The van der Waals surface area contributed by atoms with Gasteiger partial charge in [0.05, 0.1) is 25.4 Å². The van der Waals surface area contributed by atoms with E-state index in [0.717, 1.165) is 13.2 Å². The molecule has 0 aromatic carbocycles. The molecule has 0 saturated heterocycles. The van der Waals surface area contributed by atoms with E-state index < -0.39 is 0 Å². The molecule has 3 heteroatoms. The van der Waals surface area contributed by atoms with Crippen LogP contribution >= 0.6 is 15.9 Å². The second-order valence-corrected chi connectivity index (χ2v) is 6.16. The molecule has 0 heterocycles. The predicted octanol–water partition coefficient (Wildman–Crippen LogP) is 3.67. The van der Waals surface area contributed by atoms with Crippen LogP contribution in [0.2, 0.25) is 0 Å². The van der Waals surface area contributed by atoms with Gasteiger partial charge in [-0.2, -0.15) is 0 Å². The van der Waals surface area contributed by atoms with Gasteiger partial charge in [-0.3, -0.25) is 0 Å². The molecule has 0 N–H and O–H groups in total. The third-order valence-electron chi connectivity index (χ3n) is 3.42. The zero-order chi connectivity index (χ0) is 11.2. The summed E-state index contributed by atoms with van der Waals surface area (Å²) in [5.41, 5.74) is 0. The van der Waals surface area contributed by atoms with E-state index in [2.05, 4.69) is 15.9 Å². The van der Waals surface area contributed by atoms with Crippen LogP contribution in [0.3, 0.4) is 0 Å². The van der Waals surface area contributed by atoms with Crippen LogP contribution in [0.4, 0.5) is 0 Å². The van der Waals surface area contributed by atoms with Crippen LogP contribution in [-0.4, -0.2) is 30.2 Å². The van der Waals surface area contributed by atoms with E-state index in [4.69, 9.17) is 9.47 Å². The van der Waals surface area contributed by atoms with Crippen LogP contribution in [0, 0.1) is 0 Å². The van der Waals surface area contributed by atoms with Gasteiger partial charge in [-0.15, -0.1) is 0 Å². The second-order valence-electron chi connectivity index (χ2n) is 4.99. The summed E-state index contributed by atoms with van der Waals surface area (Å²) in [6.07, 6.45) is 11.4. The van der Waals surface area contributed by atoms with E-state index in [0.29, 0.717) is 17.0 Å². The lowest BCUT2D eigenvalue weighted by molar-refractivity contribution is -0.00610. The lowest BCUT2D eigenvalue weighted by Crippen LogP contribution is -2.27. The average Bonchev–Trinajstić information content (AvgIpc) is 3.06. The zero-order valence-electron chi connectivity index (χ0n) is 10.00. The maximum absolute atomic E-state index is 5.94. The molecule has 0 aromatic heterocycles. The van der Waals surface area contributed by atoms with Gasteiger partial charge in [0, 0.05) is 4.83 Å². The molecule has 0 bridgehead atoms. The third-order valence-corrected chi connectivity index (χ3v) is 4.46. The molecule has 94 valence electrons. The number of hydrogen-bond donors (Lipinski definition) is 0. The minimum Gasteiger partial charge on any atom is -0.376 e. The Kier molecular flexibility index (Phi) is 5.60. The minimum atomic E-state index is 0.406. The number of alkyl halides is 1. The van der Waals surface area contributed by atoms with Gasteiger partial charge in [0.2, 0.25) is 0 Å². The van der Waals surface area contributed by atoms with E-state index >= 15 is 0 Å². The molecule has 0 radical (unpaired) electrons. The molecule has 2 aliphatic rings. The molecule has 2 atom stereocenters. The molecule has 2 saturated carbocycles. The third kappa shape index (κ3) is 4.72. The van der Waals surface area contributed by atoms with Gasteiger partial charge < -0.3 is 9.47 Å². The van der Waals surface area contributed by atoms with E-state index in [1.165, 1.54) is 51.4 Å². The Bertz CT molecular complexity index is 194. The Morgan fingerprint density at radius 1 is 0.812 bits per heavy atom. The Morgan fingerprint density at radius 2 is 1.50 bits per heavy atom. The lowest BCUT2D eigenvalue weighted by Gasteiger charge is -2.25. The van der Waals surface area contributed by atoms with E-state index in [9.17, 15) is 0 Å². The van der Waals surface area contributed by atoms with Crippen LogP contribution < -0.4 is 0 Å². The SMILES string of the molecule is BrC1CCCCCCC1OCCOC1CC1. The molecule has 2 aliphatic carbocycles. The Balaban J connectivity index is 1.59. The second kappa shape index (κ2) is 6.97. The van der Waals surface area contributed by atoms with Crippen LogP contribution in [0.1, 0.15) is 51.4 Å². The van der Waals surface area contributed by atoms with Gasteiger partial charge in [-0.25, -0.2) is 0 Å². The summed E-state index contributed by atoms with van der Waals surface area (Å²) < 4.78 is 11.5. The highest BCUT2D eigenvalue weighted by atomic mass is 79.9. The van der Waals surface area contributed by atoms with Crippen molar-refractivity contribution in [1.29, 1.82) is 0 Å². The summed E-state index contributed by atoms with van der Waals surface area (Å²) in [6.45, 7) is 1.55. The average molecular weight is 291 g/mol. The summed E-state index contributed by atoms with van der Waals surface area (Å²) in [6, 6.07) is 0. The van der Waals surface area contributed by atoms with Crippen LogP contribution in [0.25, 0.3) is 0 Å². The standard InChI is InChI=1S/C13H23BrO2/c14-12-5-3-1-2-4-6-13(12)16-10-9-15-11-7-8-11/h11-13H,1-10H2. The molecule has 2 nitrogen and oxygen atoms in total. The van der Waals surface area contributed by atoms with Gasteiger partial charge in [0.15, 0.2) is 0 Å². The predicted molar refractivity (Wildman–Crippen MR) is 69.1 cm³/mol. The molecule has 2 rings (SSSR count). The van der Waals surface area contributed by atoms with Crippen LogP contribution in [-0.2, 0) is 9.47 Å². The van der Waals surface area contributed by atoms with Gasteiger partial charge in [-0.05, 0) is 25.7 Å². The smallest absolute Gasteiger partial charge is 0.0704 e. The quantitative estimate of drug-likeness (QED) is 0.568. The molecule has 0 aromatic rings. The van der Waals surface area contributed by atoms with Gasteiger partial charge in [-0.1, -0.05) is 41.6 Å². The lowest BCUT2D eigenvalue weighted by atomic mass is 9.98. The van der Waals surface area contributed by atoms with Crippen molar-refractivity contribution in [3.8, 4) is 0 Å². The molecule has 2 fully saturated rings. The van der Waals surface area contributed by atoms with Crippen molar-refractivity contribution in [3.05, 3.63) is 0 Å². The molecule has 16 heavy (non-hydrogen) atoms. The maximum atomic E-state index is 5.94. The molecule has 0 aliphatic heterocycles. The topological polar surface area (TPSA) is 18.5 Å². The highest BCUT2D eigenvalue weighted by molar-refractivity contribution is 9.09. The van der Waals surface area contributed by atoms with Crippen molar-refractivity contribution in [2.45, 2.75) is 68.4 Å². The molecule has 2 unspecified atom stereocenters. The fraction of sp³-hybridized carbons (Fsp3) is 1.00. The van der Waals surface area contributed by atoms with Crippen molar-refractivity contribution >= 4 is 15.9 Å². The Morgan fingerprint density at radius 3 is 2.25 bits per heavy atom. The van der Waals surface area contributed by atoms with Crippen LogP contribution in [0.15, 0.2) is 0 Å². The van der Waals surface area contributed by atoms with Crippen molar-refractivity contribution < 1.29 is 9.47 Å². The number of ether oxygens (including phenoxy) is 2.